The average Bonchev–Trinajstić information content (AvgIpc) is 2.93. The maximum Gasteiger partial charge on any atom is 0.257 e. The zero-order chi connectivity index (χ0) is 12.3. The van der Waals surface area contributed by atoms with Gasteiger partial charge in [-0.05, 0) is 38.9 Å². The molecule has 92 valence electrons. The fourth-order valence-electron chi connectivity index (χ4n) is 1.51. The van der Waals surface area contributed by atoms with Gasteiger partial charge >= 0.3 is 0 Å². The summed E-state index contributed by atoms with van der Waals surface area (Å²) in [5, 5.41) is 11.5. The van der Waals surface area contributed by atoms with Crippen LogP contribution in [0.3, 0.4) is 0 Å². The van der Waals surface area contributed by atoms with Crippen LogP contribution in [0.5, 0.6) is 0 Å². The van der Waals surface area contributed by atoms with Crippen LogP contribution >= 0.6 is 11.3 Å². The van der Waals surface area contributed by atoms with Crippen molar-refractivity contribution >= 4 is 11.3 Å². The lowest BCUT2D eigenvalue weighted by Crippen LogP contribution is -2.19. The molecule has 0 saturated heterocycles. The van der Waals surface area contributed by atoms with E-state index < -0.39 is 0 Å². The summed E-state index contributed by atoms with van der Waals surface area (Å²) in [7, 11) is 0. The minimum absolute atomic E-state index is 0.109. The molecule has 0 aliphatic rings. The van der Waals surface area contributed by atoms with Crippen LogP contribution in [-0.2, 0) is 0 Å². The Morgan fingerprint density at radius 2 is 2.24 bits per heavy atom. The molecule has 0 aliphatic heterocycles. The monoisotopic (exact) mass is 251 g/mol. The third-order valence-corrected chi connectivity index (χ3v) is 3.45. The number of hydrogen-bond acceptors (Lipinski definition) is 5. The Morgan fingerprint density at radius 1 is 1.41 bits per heavy atom. The van der Waals surface area contributed by atoms with Gasteiger partial charge in [0.15, 0.2) is 0 Å². The van der Waals surface area contributed by atoms with Crippen LogP contribution in [0.2, 0.25) is 0 Å². The summed E-state index contributed by atoms with van der Waals surface area (Å²) in [4.78, 5) is 2.28. The number of aryl methyl sites for hydroxylation is 1. The molecule has 17 heavy (non-hydrogen) atoms. The first-order valence-electron chi connectivity index (χ1n) is 5.84. The Hall–Kier alpha value is -1.20. The summed E-state index contributed by atoms with van der Waals surface area (Å²) in [6.07, 6.45) is 1.09. The molecule has 0 aliphatic carbocycles. The van der Waals surface area contributed by atoms with Crippen LogP contribution in [0.25, 0.3) is 10.8 Å². The summed E-state index contributed by atoms with van der Waals surface area (Å²) in [5.41, 5.74) is 0. The molecule has 2 rings (SSSR count). The number of rotatable bonds is 5. The van der Waals surface area contributed by atoms with E-state index in [2.05, 4.69) is 35.4 Å². The number of hydrogen-bond donors (Lipinski definition) is 1. The van der Waals surface area contributed by atoms with Crippen LogP contribution < -0.4 is 5.32 Å². The van der Waals surface area contributed by atoms with E-state index in [-0.39, 0.29) is 6.04 Å². The molecule has 0 spiro atoms. The van der Waals surface area contributed by atoms with Gasteiger partial charge in [0.2, 0.25) is 5.89 Å². The summed E-state index contributed by atoms with van der Waals surface area (Å²) in [6.45, 7) is 7.19. The van der Waals surface area contributed by atoms with Crippen LogP contribution in [0.15, 0.2) is 16.5 Å². The molecule has 1 unspecified atom stereocenters. The normalized spacial score (nSPS) is 12.9. The Kier molecular flexibility index (Phi) is 3.91. The van der Waals surface area contributed by atoms with Gasteiger partial charge in [-0.3, -0.25) is 0 Å². The summed E-state index contributed by atoms with van der Waals surface area (Å²) in [5.74, 6) is 1.27. The molecule has 0 aromatic carbocycles. The van der Waals surface area contributed by atoms with Crippen molar-refractivity contribution in [3.8, 4) is 10.8 Å². The van der Waals surface area contributed by atoms with Crippen LogP contribution in [0.4, 0.5) is 0 Å². The van der Waals surface area contributed by atoms with E-state index in [1.807, 2.05) is 13.0 Å². The van der Waals surface area contributed by atoms with Crippen molar-refractivity contribution in [1.29, 1.82) is 0 Å². The number of aromatic nitrogens is 2. The van der Waals surface area contributed by atoms with Gasteiger partial charge in [-0.15, -0.1) is 21.5 Å². The largest absolute Gasteiger partial charge is 0.418 e. The van der Waals surface area contributed by atoms with Crippen LogP contribution in [0, 0.1) is 6.92 Å². The van der Waals surface area contributed by atoms with Crippen molar-refractivity contribution in [2.45, 2.75) is 33.2 Å². The Morgan fingerprint density at radius 3 is 2.88 bits per heavy atom. The molecule has 0 fully saturated rings. The van der Waals surface area contributed by atoms with E-state index >= 15 is 0 Å². The van der Waals surface area contributed by atoms with E-state index in [1.54, 1.807) is 11.3 Å². The minimum Gasteiger partial charge on any atom is -0.418 e. The third kappa shape index (κ3) is 2.92. The lowest BCUT2D eigenvalue weighted by atomic mass is 10.3. The van der Waals surface area contributed by atoms with E-state index in [4.69, 9.17) is 4.42 Å². The van der Waals surface area contributed by atoms with E-state index in [0.29, 0.717) is 11.8 Å². The third-order valence-electron chi connectivity index (χ3n) is 2.46. The zero-order valence-corrected chi connectivity index (χ0v) is 11.2. The fraction of sp³-hybridized carbons (Fsp3) is 0.500. The highest BCUT2D eigenvalue weighted by molar-refractivity contribution is 7.15. The SMILES string of the molecule is CCCNC(C)c1nnc(-c2ccc(C)s2)o1. The summed E-state index contributed by atoms with van der Waals surface area (Å²) < 4.78 is 5.67. The Balaban J connectivity index is 2.10. The fourth-order valence-corrected chi connectivity index (χ4v) is 2.30. The van der Waals surface area contributed by atoms with Gasteiger partial charge in [0, 0.05) is 4.88 Å². The smallest absolute Gasteiger partial charge is 0.257 e. The lowest BCUT2D eigenvalue weighted by molar-refractivity contribution is 0.423. The summed E-state index contributed by atoms with van der Waals surface area (Å²) in [6, 6.07) is 4.18. The molecule has 2 aromatic heterocycles. The highest BCUT2D eigenvalue weighted by Crippen LogP contribution is 2.27. The maximum absolute atomic E-state index is 5.67. The second kappa shape index (κ2) is 5.42. The van der Waals surface area contributed by atoms with Gasteiger partial charge in [-0.25, -0.2) is 0 Å². The molecule has 2 heterocycles. The van der Waals surface area contributed by atoms with Crippen molar-refractivity contribution in [1.82, 2.24) is 15.5 Å². The second-order valence-corrected chi connectivity index (χ2v) is 5.32. The van der Waals surface area contributed by atoms with Crippen LogP contribution in [0.1, 0.15) is 37.1 Å². The van der Waals surface area contributed by atoms with E-state index in [9.17, 15) is 0 Å². The number of thiophene rings is 1. The van der Waals surface area contributed by atoms with Crippen molar-refractivity contribution in [3.63, 3.8) is 0 Å². The molecule has 1 atom stereocenters. The standard InChI is InChI=1S/C12H17N3OS/c1-4-7-13-9(3)11-14-15-12(16-11)10-6-5-8(2)17-10/h5-6,9,13H,4,7H2,1-3H3. The first-order chi connectivity index (χ1) is 8.20. The first-order valence-corrected chi connectivity index (χ1v) is 6.66. The molecular formula is C12H17N3OS. The van der Waals surface area contributed by atoms with Crippen molar-refractivity contribution < 1.29 is 4.42 Å². The maximum atomic E-state index is 5.67. The number of nitrogens with zero attached hydrogens (tertiary/aromatic N) is 2. The molecule has 4 nitrogen and oxygen atoms in total. The zero-order valence-electron chi connectivity index (χ0n) is 10.4. The molecule has 1 N–H and O–H groups in total. The average molecular weight is 251 g/mol. The van der Waals surface area contributed by atoms with Crippen LogP contribution in [-0.4, -0.2) is 16.7 Å². The van der Waals surface area contributed by atoms with Gasteiger partial charge in [0.25, 0.3) is 5.89 Å². The second-order valence-electron chi connectivity index (χ2n) is 4.03. The van der Waals surface area contributed by atoms with Gasteiger partial charge in [0.05, 0.1) is 10.9 Å². The molecule has 5 heteroatoms. The highest BCUT2D eigenvalue weighted by Gasteiger charge is 2.14. The molecule has 0 bridgehead atoms. The van der Waals surface area contributed by atoms with Gasteiger partial charge in [-0.2, -0.15) is 0 Å². The topological polar surface area (TPSA) is 51.0 Å². The van der Waals surface area contributed by atoms with Crippen molar-refractivity contribution in [2.24, 2.45) is 0 Å². The van der Waals surface area contributed by atoms with E-state index in [0.717, 1.165) is 17.8 Å². The van der Waals surface area contributed by atoms with E-state index in [1.165, 1.54) is 4.88 Å². The molecule has 0 radical (unpaired) electrons. The Bertz CT molecular complexity index is 478. The molecule has 0 saturated carbocycles. The van der Waals surface area contributed by atoms with Crippen molar-refractivity contribution in [2.75, 3.05) is 6.54 Å². The predicted molar refractivity (Wildman–Crippen MR) is 69.1 cm³/mol. The van der Waals surface area contributed by atoms with Gasteiger partial charge in [-0.1, -0.05) is 6.92 Å². The Labute approximate surface area is 105 Å². The van der Waals surface area contributed by atoms with Gasteiger partial charge in [0.1, 0.15) is 0 Å². The number of nitrogens with one attached hydrogen (secondary N) is 1. The molecular weight excluding hydrogens is 234 g/mol. The van der Waals surface area contributed by atoms with Gasteiger partial charge < -0.3 is 9.73 Å². The summed E-state index contributed by atoms with van der Waals surface area (Å²) >= 11 is 1.67. The molecule has 0 amide bonds. The quantitative estimate of drug-likeness (QED) is 0.886. The minimum atomic E-state index is 0.109. The molecule has 2 aromatic rings. The lowest BCUT2D eigenvalue weighted by Gasteiger charge is -2.07. The first kappa shape index (κ1) is 12.3. The predicted octanol–water partition coefficient (Wildman–Crippen LogP) is 3.17. The highest BCUT2D eigenvalue weighted by atomic mass is 32.1. The van der Waals surface area contributed by atoms with Crippen molar-refractivity contribution in [3.05, 3.63) is 22.9 Å².